The van der Waals surface area contributed by atoms with E-state index < -0.39 is 30.4 Å². The number of carbonyl (C=O) groups excluding carboxylic acids is 1. The molecule has 1 aliphatic heterocycles. The minimum Gasteiger partial charge on any atom is -0.481 e. The highest BCUT2D eigenvalue weighted by atomic mass is 16.4. The third-order valence-electron chi connectivity index (χ3n) is 3.01. The molecule has 0 radical (unpaired) electrons. The number of carbonyl (C=O) groups is 3. The molecular formula is C11H14N4O5. The molecule has 2 amide bonds. The van der Waals surface area contributed by atoms with Gasteiger partial charge in [0.2, 0.25) is 0 Å². The van der Waals surface area contributed by atoms with Gasteiger partial charge >= 0.3 is 18.0 Å². The second kappa shape index (κ2) is 5.59. The van der Waals surface area contributed by atoms with Gasteiger partial charge in [-0.1, -0.05) is 0 Å². The van der Waals surface area contributed by atoms with E-state index in [1.807, 2.05) is 4.57 Å². The molecular weight excluding hydrogens is 268 g/mol. The molecule has 9 nitrogen and oxygen atoms in total. The Morgan fingerprint density at radius 3 is 2.75 bits per heavy atom. The summed E-state index contributed by atoms with van der Waals surface area (Å²) in [5.41, 5.74) is 0. The van der Waals surface area contributed by atoms with Crippen LogP contribution in [0.25, 0.3) is 0 Å². The number of carboxylic acid groups (broad SMARTS) is 2. The summed E-state index contributed by atoms with van der Waals surface area (Å²) in [5.74, 6) is -1.96. The largest absolute Gasteiger partial charge is 0.481 e. The Kier molecular flexibility index (Phi) is 3.87. The minimum atomic E-state index is -1.44. The van der Waals surface area contributed by atoms with Crippen LogP contribution in [0.2, 0.25) is 0 Å². The minimum absolute atomic E-state index is 0.262. The molecule has 1 aromatic heterocycles. The lowest BCUT2D eigenvalue weighted by atomic mass is 10.2. The topological polar surface area (TPSA) is 125 Å². The number of rotatable bonds is 4. The van der Waals surface area contributed by atoms with E-state index in [1.165, 1.54) is 4.90 Å². The molecule has 1 aromatic rings. The molecule has 0 aliphatic carbocycles. The van der Waals surface area contributed by atoms with Gasteiger partial charge in [0, 0.05) is 25.5 Å². The highest BCUT2D eigenvalue weighted by molar-refractivity contribution is 5.86. The predicted molar refractivity (Wildman–Crippen MR) is 64.8 cm³/mol. The van der Waals surface area contributed by atoms with Gasteiger partial charge in [0.05, 0.1) is 13.0 Å². The van der Waals surface area contributed by atoms with Gasteiger partial charge in [-0.3, -0.25) is 4.79 Å². The van der Waals surface area contributed by atoms with Crippen LogP contribution in [0.5, 0.6) is 0 Å². The van der Waals surface area contributed by atoms with E-state index in [9.17, 15) is 14.4 Å². The highest BCUT2D eigenvalue weighted by Crippen LogP contribution is 2.10. The van der Waals surface area contributed by atoms with Gasteiger partial charge in [-0.15, -0.1) is 0 Å². The third kappa shape index (κ3) is 3.05. The molecule has 1 aliphatic rings. The van der Waals surface area contributed by atoms with Gasteiger partial charge in [-0.25, -0.2) is 14.6 Å². The van der Waals surface area contributed by atoms with Crippen molar-refractivity contribution in [3.63, 3.8) is 0 Å². The number of urea groups is 1. The molecule has 9 heteroatoms. The fourth-order valence-corrected chi connectivity index (χ4v) is 1.96. The maximum Gasteiger partial charge on any atom is 0.326 e. The number of aromatic nitrogens is 2. The van der Waals surface area contributed by atoms with Crippen LogP contribution < -0.4 is 5.32 Å². The first kappa shape index (κ1) is 13.8. The number of hydrogen-bond donors (Lipinski definition) is 3. The van der Waals surface area contributed by atoms with E-state index in [-0.39, 0.29) is 6.54 Å². The lowest BCUT2D eigenvalue weighted by molar-refractivity contribution is -0.145. The Morgan fingerprint density at radius 1 is 1.35 bits per heavy atom. The van der Waals surface area contributed by atoms with E-state index in [2.05, 4.69) is 10.3 Å². The van der Waals surface area contributed by atoms with E-state index in [1.54, 1.807) is 12.4 Å². The third-order valence-corrected chi connectivity index (χ3v) is 3.01. The average Bonchev–Trinajstić information content (AvgIpc) is 2.84. The second-order valence-corrected chi connectivity index (χ2v) is 4.40. The molecule has 2 rings (SSSR count). The SMILES string of the molecule is O=C(O)C[C@@H](NC(=O)N1CCn2ccnc2C1)C(=O)O. The van der Waals surface area contributed by atoms with Crippen molar-refractivity contribution in [3.05, 3.63) is 18.2 Å². The van der Waals surface area contributed by atoms with Gasteiger partial charge in [0.1, 0.15) is 11.9 Å². The molecule has 1 atom stereocenters. The van der Waals surface area contributed by atoms with Crippen LogP contribution in [0.3, 0.4) is 0 Å². The van der Waals surface area contributed by atoms with Crippen LogP contribution >= 0.6 is 0 Å². The van der Waals surface area contributed by atoms with Crippen LogP contribution in [0.4, 0.5) is 4.79 Å². The number of aliphatic carboxylic acids is 2. The predicted octanol–water partition coefficient (Wildman–Crippen LogP) is -0.664. The van der Waals surface area contributed by atoms with Gasteiger partial charge in [-0.2, -0.15) is 0 Å². The fraction of sp³-hybridized carbons (Fsp3) is 0.455. The molecule has 108 valence electrons. The van der Waals surface area contributed by atoms with Crippen molar-refractivity contribution in [1.82, 2.24) is 19.8 Å². The number of hydrogen-bond acceptors (Lipinski definition) is 4. The van der Waals surface area contributed by atoms with E-state index >= 15 is 0 Å². The molecule has 0 unspecified atom stereocenters. The summed E-state index contributed by atoms with van der Waals surface area (Å²) in [6.45, 7) is 1.24. The van der Waals surface area contributed by atoms with Gasteiger partial charge in [0.25, 0.3) is 0 Å². The number of carboxylic acids is 2. The zero-order chi connectivity index (χ0) is 14.7. The van der Waals surface area contributed by atoms with Crippen LogP contribution in [-0.2, 0) is 22.7 Å². The number of imidazole rings is 1. The van der Waals surface area contributed by atoms with Crippen molar-refractivity contribution >= 4 is 18.0 Å². The van der Waals surface area contributed by atoms with Crippen LogP contribution in [-0.4, -0.2) is 55.2 Å². The lowest BCUT2D eigenvalue weighted by Gasteiger charge is -2.28. The maximum absolute atomic E-state index is 11.9. The van der Waals surface area contributed by atoms with Gasteiger partial charge in [-0.05, 0) is 0 Å². The molecule has 0 saturated carbocycles. The standard InChI is InChI=1S/C11H14N4O5/c16-9(17)5-7(10(18)19)13-11(20)15-4-3-14-2-1-12-8(14)6-15/h1-2,7H,3-6H2,(H,13,20)(H,16,17)(H,18,19)/t7-/m1/s1. The van der Waals surface area contributed by atoms with Crippen LogP contribution in [0.15, 0.2) is 12.4 Å². The first-order chi connectivity index (χ1) is 9.47. The second-order valence-electron chi connectivity index (χ2n) is 4.40. The lowest BCUT2D eigenvalue weighted by Crippen LogP contribution is -2.50. The molecule has 0 saturated heterocycles. The van der Waals surface area contributed by atoms with E-state index in [4.69, 9.17) is 10.2 Å². The molecule has 0 bridgehead atoms. The highest BCUT2D eigenvalue weighted by Gasteiger charge is 2.27. The Bertz CT molecular complexity index is 541. The zero-order valence-corrected chi connectivity index (χ0v) is 10.5. The van der Waals surface area contributed by atoms with Crippen molar-refractivity contribution in [3.8, 4) is 0 Å². The smallest absolute Gasteiger partial charge is 0.326 e. The average molecular weight is 282 g/mol. The van der Waals surface area contributed by atoms with Crippen molar-refractivity contribution in [1.29, 1.82) is 0 Å². The summed E-state index contributed by atoms with van der Waals surface area (Å²) in [4.78, 5) is 38.9. The number of nitrogens with zero attached hydrogens (tertiary/aromatic N) is 3. The Morgan fingerprint density at radius 2 is 2.10 bits per heavy atom. The molecule has 0 aromatic carbocycles. The first-order valence-corrected chi connectivity index (χ1v) is 5.97. The maximum atomic E-state index is 11.9. The van der Waals surface area contributed by atoms with E-state index in [0.29, 0.717) is 18.9 Å². The van der Waals surface area contributed by atoms with Crippen molar-refractivity contribution in [2.75, 3.05) is 6.54 Å². The quantitative estimate of drug-likeness (QED) is 0.673. The summed E-state index contributed by atoms with van der Waals surface area (Å²) < 4.78 is 1.90. The van der Waals surface area contributed by atoms with Crippen LogP contribution in [0.1, 0.15) is 12.2 Å². The summed E-state index contributed by atoms with van der Waals surface area (Å²) in [5, 5.41) is 19.7. The monoisotopic (exact) mass is 282 g/mol. The zero-order valence-electron chi connectivity index (χ0n) is 10.5. The molecule has 0 fully saturated rings. The Balaban J connectivity index is 1.98. The number of fused-ring (bicyclic) bond motifs is 1. The summed E-state index contributed by atoms with van der Waals surface area (Å²) >= 11 is 0. The normalized spacial score (nSPS) is 15.3. The molecule has 2 heterocycles. The first-order valence-electron chi connectivity index (χ1n) is 5.97. The summed E-state index contributed by atoms with van der Waals surface area (Å²) in [6, 6.07) is -2.05. The summed E-state index contributed by atoms with van der Waals surface area (Å²) in [7, 11) is 0. The number of nitrogens with one attached hydrogen (secondary N) is 1. The van der Waals surface area contributed by atoms with E-state index in [0.717, 1.165) is 0 Å². The molecule has 0 spiro atoms. The number of amides is 2. The van der Waals surface area contributed by atoms with Crippen LogP contribution in [0, 0.1) is 0 Å². The van der Waals surface area contributed by atoms with Gasteiger partial charge in [0.15, 0.2) is 0 Å². The fourth-order valence-electron chi connectivity index (χ4n) is 1.96. The Hall–Kier alpha value is -2.58. The van der Waals surface area contributed by atoms with Gasteiger partial charge < -0.3 is 25.0 Å². The Labute approximate surface area is 113 Å². The van der Waals surface area contributed by atoms with Crippen molar-refractivity contribution < 1.29 is 24.6 Å². The van der Waals surface area contributed by atoms with Crippen molar-refractivity contribution in [2.24, 2.45) is 0 Å². The molecule has 20 heavy (non-hydrogen) atoms. The summed E-state index contributed by atoms with van der Waals surface area (Å²) in [6.07, 6.45) is 2.76. The molecule has 3 N–H and O–H groups in total. The van der Waals surface area contributed by atoms with Crippen molar-refractivity contribution in [2.45, 2.75) is 25.6 Å².